The minimum absolute atomic E-state index is 0.274. The van der Waals surface area contributed by atoms with Crippen LogP contribution < -0.4 is 9.47 Å². The van der Waals surface area contributed by atoms with Crippen molar-refractivity contribution < 1.29 is 19.1 Å². The number of hydrogen-bond donors (Lipinski definition) is 0. The molecule has 0 unspecified atom stereocenters. The van der Waals surface area contributed by atoms with Crippen molar-refractivity contribution in [2.24, 2.45) is 0 Å². The summed E-state index contributed by atoms with van der Waals surface area (Å²) in [7, 11) is 0. The Morgan fingerprint density at radius 3 is 2.00 bits per heavy atom. The molecule has 128 valence electrons. The molecule has 0 amide bonds. The fourth-order valence-corrected chi connectivity index (χ4v) is 2.44. The van der Waals surface area contributed by atoms with Gasteiger partial charge in [0.1, 0.15) is 0 Å². The lowest BCUT2D eigenvalue weighted by molar-refractivity contribution is -0.134. The lowest BCUT2D eigenvalue weighted by Crippen LogP contribution is -2.27. The van der Waals surface area contributed by atoms with Gasteiger partial charge in [0, 0.05) is 20.4 Å². The lowest BCUT2D eigenvalue weighted by Gasteiger charge is -2.21. The molecular formula is C18H27NO4. The van der Waals surface area contributed by atoms with E-state index in [1.54, 1.807) is 12.1 Å². The summed E-state index contributed by atoms with van der Waals surface area (Å²) in [5, 5.41) is 0. The second-order valence-electron chi connectivity index (χ2n) is 5.56. The van der Waals surface area contributed by atoms with Crippen molar-refractivity contribution in [2.75, 3.05) is 19.6 Å². The van der Waals surface area contributed by atoms with Crippen molar-refractivity contribution in [1.82, 2.24) is 4.90 Å². The van der Waals surface area contributed by atoms with Crippen molar-refractivity contribution in [3.05, 3.63) is 23.8 Å². The molecule has 1 rings (SSSR count). The van der Waals surface area contributed by atoms with E-state index in [2.05, 4.69) is 18.7 Å². The van der Waals surface area contributed by atoms with E-state index in [1.165, 1.54) is 13.8 Å². The summed E-state index contributed by atoms with van der Waals surface area (Å²) in [5.41, 5.74) is 1.05. The molecule has 23 heavy (non-hydrogen) atoms. The van der Waals surface area contributed by atoms with Gasteiger partial charge in [-0.2, -0.15) is 0 Å². The van der Waals surface area contributed by atoms with Gasteiger partial charge in [-0.15, -0.1) is 0 Å². The fourth-order valence-electron chi connectivity index (χ4n) is 2.44. The van der Waals surface area contributed by atoms with Crippen LogP contribution in [0.5, 0.6) is 11.5 Å². The molecule has 0 bridgehead atoms. The van der Waals surface area contributed by atoms with Gasteiger partial charge in [-0.05, 0) is 50.0 Å². The second kappa shape index (κ2) is 10.0. The third-order valence-electron chi connectivity index (χ3n) is 3.31. The van der Waals surface area contributed by atoms with Crippen molar-refractivity contribution in [2.45, 2.75) is 47.0 Å². The normalized spacial score (nSPS) is 10.7. The van der Waals surface area contributed by atoms with E-state index >= 15 is 0 Å². The highest BCUT2D eigenvalue weighted by Gasteiger charge is 2.12. The van der Waals surface area contributed by atoms with Crippen LogP contribution in [0.3, 0.4) is 0 Å². The Morgan fingerprint density at radius 1 is 0.913 bits per heavy atom. The van der Waals surface area contributed by atoms with Crippen molar-refractivity contribution in [1.29, 1.82) is 0 Å². The van der Waals surface area contributed by atoms with Crippen LogP contribution in [0, 0.1) is 0 Å². The predicted octanol–water partition coefficient (Wildman–Crippen LogP) is 3.20. The van der Waals surface area contributed by atoms with E-state index in [-0.39, 0.29) is 5.75 Å². The molecule has 0 aliphatic heterocycles. The van der Waals surface area contributed by atoms with Crippen LogP contribution in [0.4, 0.5) is 0 Å². The van der Waals surface area contributed by atoms with Gasteiger partial charge in [-0.25, -0.2) is 0 Å². The Bertz CT molecular complexity index is 522. The molecule has 0 fully saturated rings. The zero-order chi connectivity index (χ0) is 17.2. The SMILES string of the molecule is CCCN(CCC)CCc1ccc(OC(C)=O)c(OC(C)=O)c1. The molecule has 5 nitrogen and oxygen atoms in total. The quantitative estimate of drug-likeness (QED) is 0.516. The van der Waals surface area contributed by atoms with Crippen molar-refractivity contribution in [3.8, 4) is 11.5 Å². The largest absolute Gasteiger partial charge is 0.423 e. The second-order valence-corrected chi connectivity index (χ2v) is 5.56. The monoisotopic (exact) mass is 321 g/mol. The molecule has 1 aromatic carbocycles. The first kappa shape index (κ1) is 19.2. The summed E-state index contributed by atoms with van der Waals surface area (Å²) in [6.45, 7) is 10.1. The van der Waals surface area contributed by atoms with Crippen LogP contribution in [-0.4, -0.2) is 36.5 Å². The summed E-state index contributed by atoms with van der Waals surface area (Å²) in [5.74, 6) is -0.310. The first-order valence-corrected chi connectivity index (χ1v) is 8.18. The molecule has 5 heteroatoms. The first-order valence-electron chi connectivity index (χ1n) is 8.18. The number of benzene rings is 1. The molecule has 0 heterocycles. The summed E-state index contributed by atoms with van der Waals surface area (Å²) in [6, 6.07) is 5.36. The Labute approximate surface area is 138 Å². The molecule has 0 N–H and O–H groups in total. The lowest BCUT2D eigenvalue weighted by atomic mass is 10.1. The third-order valence-corrected chi connectivity index (χ3v) is 3.31. The van der Waals surface area contributed by atoms with Gasteiger partial charge in [0.05, 0.1) is 0 Å². The Hall–Kier alpha value is -1.88. The third kappa shape index (κ3) is 7.28. The molecular weight excluding hydrogens is 294 g/mol. The van der Waals surface area contributed by atoms with Gasteiger partial charge < -0.3 is 14.4 Å². The van der Waals surface area contributed by atoms with Gasteiger partial charge in [0.15, 0.2) is 11.5 Å². The smallest absolute Gasteiger partial charge is 0.308 e. The molecule has 1 aromatic rings. The van der Waals surface area contributed by atoms with E-state index in [0.29, 0.717) is 5.75 Å². The van der Waals surface area contributed by atoms with Crippen LogP contribution in [0.2, 0.25) is 0 Å². The molecule has 0 spiro atoms. The van der Waals surface area contributed by atoms with Gasteiger partial charge in [0.25, 0.3) is 0 Å². The zero-order valence-corrected chi connectivity index (χ0v) is 14.6. The van der Waals surface area contributed by atoms with E-state index < -0.39 is 11.9 Å². The summed E-state index contributed by atoms with van der Waals surface area (Å²) >= 11 is 0. The van der Waals surface area contributed by atoms with E-state index in [0.717, 1.165) is 44.5 Å². The van der Waals surface area contributed by atoms with Crippen molar-refractivity contribution in [3.63, 3.8) is 0 Å². The first-order chi connectivity index (χ1) is 11.0. The Kier molecular flexibility index (Phi) is 8.33. The maximum absolute atomic E-state index is 11.2. The van der Waals surface area contributed by atoms with E-state index in [4.69, 9.17) is 9.47 Å². The molecule has 0 atom stereocenters. The molecule has 0 saturated heterocycles. The predicted molar refractivity (Wildman–Crippen MR) is 89.8 cm³/mol. The van der Waals surface area contributed by atoms with E-state index in [9.17, 15) is 9.59 Å². The molecule has 0 aliphatic rings. The number of ether oxygens (including phenoxy) is 2. The topological polar surface area (TPSA) is 55.8 Å². The van der Waals surface area contributed by atoms with Gasteiger partial charge >= 0.3 is 11.9 Å². The van der Waals surface area contributed by atoms with E-state index in [1.807, 2.05) is 6.07 Å². The Balaban J connectivity index is 2.82. The summed E-state index contributed by atoms with van der Waals surface area (Å²) < 4.78 is 10.2. The Morgan fingerprint density at radius 2 is 1.48 bits per heavy atom. The summed E-state index contributed by atoms with van der Waals surface area (Å²) in [6.07, 6.45) is 3.11. The standard InChI is InChI=1S/C18H27NO4/c1-5-10-19(11-6-2)12-9-16-7-8-17(22-14(3)20)18(13-16)23-15(4)21/h7-8,13H,5-6,9-12H2,1-4H3. The highest BCUT2D eigenvalue weighted by Crippen LogP contribution is 2.29. The number of carbonyl (C=O) groups is 2. The number of carbonyl (C=O) groups excluding carboxylic acids is 2. The maximum Gasteiger partial charge on any atom is 0.308 e. The average Bonchev–Trinajstić information content (AvgIpc) is 2.46. The number of esters is 2. The number of nitrogens with zero attached hydrogens (tertiary/aromatic N) is 1. The maximum atomic E-state index is 11.2. The minimum Gasteiger partial charge on any atom is -0.423 e. The highest BCUT2D eigenvalue weighted by molar-refractivity contribution is 5.73. The molecule has 0 aliphatic carbocycles. The van der Waals surface area contributed by atoms with Crippen LogP contribution in [0.25, 0.3) is 0 Å². The fraction of sp³-hybridized carbons (Fsp3) is 0.556. The number of rotatable bonds is 9. The highest BCUT2D eigenvalue weighted by atomic mass is 16.6. The summed E-state index contributed by atoms with van der Waals surface area (Å²) in [4.78, 5) is 24.8. The molecule has 0 saturated carbocycles. The number of hydrogen-bond acceptors (Lipinski definition) is 5. The van der Waals surface area contributed by atoms with Crippen LogP contribution in [0.15, 0.2) is 18.2 Å². The van der Waals surface area contributed by atoms with Gasteiger partial charge in [0.2, 0.25) is 0 Å². The van der Waals surface area contributed by atoms with Crippen LogP contribution in [0.1, 0.15) is 46.1 Å². The minimum atomic E-state index is -0.441. The average molecular weight is 321 g/mol. The molecule has 0 radical (unpaired) electrons. The van der Waals surface area contributed by atoms with Gasteiger partial charge in [-0.1, -0.05) is 19.9 Å². The van der Waals surface area contributed by atoms with Crippen molar-refractivity contribution >= 4 is 11.9 Å². The van der Waals surface area contributed by atoms with Gasteiger partial charge in [-0.3, -0.25) is 9.59 Å². The van der Waals surface area contributed by atoms with Crippen LogP contribution in [-0.2, 0) is 16.0 Å². The van der Waals surface area contributed by atoms with Crippen LogP contribution >= 0.6 is 0 Å². The molecule has 0 aromatic heterocycles. The zero-order valence-electron chi connectivity index (χ0n) is 14.6.